The van der Waals surface area contributed by atoms with Crippen molar-refractivity contribution >= 4 is 34.8 Å². The first-order chi connectivity index (χ1) is 9.21. The molecule has 1 aliphatic heterocycles. The molecule has 0 atom stereocenters. The van der Waals surface area contributed by atoms with E-state index in [0.717, 1.165) is 10.8 Å². The van der Waals surface area contributed by atoms with Crippen molar-refractivity contribution in [1.29, 1.82) is 0 Å². The Morgan fingerprint density at radius 1 is 1.20 bits per heavy atom. The summed E-state index contributed by atoms with van der Waals surface area (Å²) in [6.45, 7) is 7.88. The van der Waals surface area contributed by atoms with Gasteiger partial charge >= 0.3 is 7.12 Å². The number of hydrogen-bond acceptors (Lipinski definition) is 4. The van der Waals surface area contributed by atoms with Gasteiger partial charge in [0.15, 0.2) is 0 Å². The summed E-state index contributed by atoms with van der Waals surface area (Å²) in [6, 6.07) is 3.53. The minimum atomic E-state index is -0.622. The van der Waals surface area contributed by atoms with Crippen LogP contribution < -0.4 is 10.2 Å². The van der Waals surface area contributed by atoms with Crippen LogP contribution in [0.1, 0.15) is 38.1 Å². The van der Waals surface area contributed by atoms with Gasteiger partial charge in [-0.1, -0.05) is 15.9 Å². The summed E-state index contributed by atoms with van der Waals surface area (Å²) < 4.78 is 18.1. The normalized spacial score (nSPS) is 20.0. The number of rotatable bonds is 3. The highest BCUT2D eigenvalue weighted by molar-refractivity contribution is 9.10. The molecule has 0 bridgehead atoms. The molecule has 6 heteroatoms. The Morgan fingerprint density at radius 2 is 1.75 bits per heavy atom. The van der Waals surface area contributed by atoms with Crippen LogP contribution in [0.4, 0.5) is 0 Å². The van der Waals surface area contributed by atoms with Gasteiger partial charge in [-0.2, -0.15) is 0 Å². The van der Waals surface area contributed by atoms with Gasteiger partial charge in [0.05, 0.1) is 18.3 Å². The monoisotopic (exact) mass is 340 g/mol. The summed E-state index contributed by atoms with van der Waals surface area (Å²) in [5.74, 6) is 0.569. The van der Waals surface area contributed by atoms with Crippen molar-refractivity contribution in [2.24, 2.45) is 0 Å². The lowest BCUT2D eigenvalue weighted by Crippen LogP contribution is -2.41. The summed E-state index contributed by atoms with van der Waals surface area (Å²) in [7, 11) is 0.939. The molecule has 4 nitrogen and oxygen atoms in total. The van der Waals surface area contributed by atoms with Crippen molar-refractivity contribution < 1.29 is 18.8 Å². The van der Waals surface area contributed by atoms with E-state index in [-0.39, 0.29) is 0 Å². The molecule has 1 heterocycles. The van der Waals surface area contributed by atoms with E-state index in [4.69, 9.17) is 14.0 Å². The van der Waals surface area contributed by atoms with Crippen molar-refractivity contribution in [2.45, 2.75) is 38.9 Å². The van der Waals surface area contributed by atoms with E-state index in [2.05, 4.69) is 15.9 Å². The molecule has 1 aliphatic rings. The van der Waals surface area contributed by atoms with E-state index < -0.39 is 18.3 Å². The Morgan fingerprint density at radius 3 is 2.20 bits per heavy atom. The van der Waals surface area contributed by atoms with E-state index in [0.29, 0.717) is 16.8 Å². The number of carbonyl (C=O) groups excluding carboxylic acids is 1. The molecule has 1 aromatic rings. The molecule has 1 aromatic carbocycles. The van der Waals surface area contributed by atoms with E-state index in [9.17, 15) is 4.79 Å². The average Bonchev–Trinajstić information content (AvgIpc) is 2.56. The highest BCUT2D eigenvalue weighted by Gasteiger charge is 2.53. The quantitative estimate of drug-likeness (QED) is 0.626. The lowest BCUT2D eigenvalue weighted by molar-refractivity contribution is 0.00578. The minimum Gasteiger partial charge on any atom is -0.497 e. The van der Waals surface area contributed by atoms with Crippen molar-refractivity contribution in [3.63, 3.8) is 0 Å². The Labute approximate surface area is 128 Å². The van der Waals surface area contributed by atoms with E-state index >= 15 is 0 Å². The topological polar surface area (TPSA) is 44.8 Å². The molecule has 0 spiro atoms. The van der Waals surface area contributed by atoms with Gasteiger partial charge in [-0.25, -0.2) is 0 Å². The van der Waals surface area contributed by atoms with Crippen LogP contribution in [0.5, 0.6) is 5.75 Å². The van der Waals surface area contributed by atoms with Gasteiger partial charge in [0.2, 0.25) is 0 Å². The molecule has 0 unspecified atom stereocenters. The lowest BCUT2D eigenvalue weighted by Gasteiger charge is -2.32. The smallest absolute Gasteiger partial charge is 0.497 e. The number of ether oxygens (including phenoxy) is 1. The van der Waals surface area contributed by atoms with Gasteiger partial charge in [-0.3, -0.25) is 4.79 Å². The molecule has 0 N–H and O–H groups in total. The van der Waals surface area contributed by atoms with Crippen LogP contribution in [-0.2, 0) is 9.31 Å². The molecule has 0 amide bonds. The number of carbonyl (C=O) groups is 1. The summed E-state index contributed by atoms with van der Waals surface area (Å²) >= 11 is 3.36. The lowest BCUT2D eigenvalue weighted by atomic mass is 9.75. The number of benzene rings is 1. The van der Waals surface area contributed by atoms with Crippen LogP contribution in [-0.4, -0.2) is 31.7 Å². The zero-order valence-corrected chi connectivity index (χ0v) is 13.9. The minimum absolute atomic E-state index is 0.462. The summed E-state index contributed by atoms with van der Waals surface area (Å²) in [6.07, 6.45) is 0.785. The number of aldehydes is 1. The first-order valence-electron chi connectivity index (χ1n) is 6.40. The fourth-order valence-electron chi connectivity index (χ4n) is 2.09. The molecule has 2 rings (SSSR count). The third kappa shape index (κ3) is 2.52. The first kappa shape index (κ1) is 15.5. The predicted molar refractivity (Wildman–Crippen MR) is 81.8 cm³/mol. The molecule has 108 valence electrons. The van der Waals surface area contributed by atoms with E-state index in [1.54, 1.807) is 19.2 Å². The van der Waals surface area contributed by atoms with Crippen LogP contribution >= 0.6 is 15.9 Å². The predicted octanol–water partition coefficient (Wildman–Crippen LogP) is 2.57. The maximum absolute atomic E-state index is 11.3. The zero-order chi connectivity index (χ0) is 15.1. The van der Waals surface area contributed by atoms with Crippen LogP contribution in [0.3, 0.4) is 0 Å². The van der Waals surface area contributed by atoms with Gasteiger partial charge in [0.1, 0.15) is 12.0 Å². The van der Waals surface area contributed by atoms with Gasteiger partial charge in [0, 0.05) is 15.5 Å². The van der Waals surface area contributed by atoms with E-state index in [1.165, 1.54) is 0 Å². The molecule has 0 saturated carbocycles. The van der Waals surface area contributed by atoms with Gasteiger partial charge in [-0.15, -0.1) is 0 Å². The maximum atomic E-state index is 11.3. The van der Waals surface area contributed by atoms with Gasteiger partial charge < -0.3 is 14.0 Å². The van der Waals surface area contributed by atoms with Crippen LogP contribution in [0.25, 0.3) is 0 Å². The van der Waals surface area contributed by atoms with E-state index in [1.807, 2.05) is 27.7 Å². The van der Waals surface area contributed by atoms with Crippen molar-refractivity contribution in [1.82, 2.24) is 0 Å². The van der Waals surface area contributed by atoms with Crippen molar-refractivity contribution in [3.8, 4) is 5.75 Å². The molecular weight excluding hydrogens is 323 g/mol. The van der Waals surface area contributed by atoms with Crippen molar-refractivity contribution in [3.05, 3.63) is 22.2 Å². The third-order valence-electron chi connectivity index (χ3n) is 3.97. The van der Waals surface area contributed by atoms with Crippen molar-refractivity contribution in [2.75, 3.05) is 7.11 Å². The molecule has 0 radical (unpaired) electrons. The molecule has 1 saturated heterocycles. The number of hydrogen-bond donors (Lipinski definition) is 0. The van der Waals surface area contributed by atoms with Crippen LogP contribution in [0.15, 0.2) is 16.6 Å². The molecule has 0 aliphatic carbocycles. The Kier molecular flexibility index (Phi) is 4.02. The number of methoxy groups -OCH3 is 1. The standard InChI is InChI=1S/C14H18BBrO4/c1-13(2)14(3,4)20-15(19-13)12-9(8-17)6-10(16)7-11(12)18-5/h6-8H,1-5H3. The Hall–Kier alpha value is -0.845. The fraction of sp³-hybridized carbons (Fsp3) is 0.500. The largest absolute Gasteiger partial charge is 0.499 e. The molecule has 0 aromatic heterocycles. The van der Waals surface area contributed by atoms with Gasteiger partial charge in [0.25, 0.3) is 0 Å². The summed E-state index contributed by atoms with van der Waals surface area (Å²) in [4.78, 5) is 11.3. The second-order valence-electron chi connectivity index (χ2n) is 5.82. The third-order valence-corrected chi connectivity index (χ3v) is 4.43. The second-order valence-corrected chi connectivity index (χ2v) is 6.73. The zero-order valence-electron chi connectivity index (χ0n) is 12.3. The Bertz CT molecular complexity index is 526. The summed E-state index contributed by atoms with van der Waals surface area (Å²) in [5.41, 5.74) is 0.199. The highest BCUT2D eigenvalue weighted by atomic mass is 79.9. The first-order valence-corrected chi connectivity index (χ1v) is 7.19. The summed E-state index contributed by atoms with van der Waals surface area (Å²) in [5, 5.41) is 0. The SMILES string of the molecule is COc1cc(Br)cc(C=O)c1B1OC(C)(C)C(C)(C)O1. The van der Waals surface area contributed by atoms with Gasteiger partial charge in [-0.05, 0) is 39.8 Å². The highest BCUT2D eigenvalue weighted by Crippen LogP contribution is 2.37. The van der Waals surface area contributed by atoms with Crippen LogP contribution in [0.2, 0.25) is 0 Å². The fourth-order valence-corrected chi connectivity index (χ4v) is 2.55. The van der Waals surface area contributed by atoms with Crippen LogP contribution in [0, 0.1) is 0 Å². The molecular formula is C14H18BBrO4. The number of halogens is 1. The Balaban J connectivity index is 2.51. The maximum Gasteiger partial charge on any atom is 0.499 e. The molecule has 20 heavy (non-hydrogen) atoms. The average molecular weight is 341 g/mol. The molecule has 1 fully saturated rings. The second kappa shape index (κ2) is 5.17.